The maximum atomic E-state index is 10.9. The Labute approximate surface area is 95.7 Å². The van der Waals surface area contributed by atoms with Crippen LogP contribution in [0.3, 0.4) is 0 Å². The van der Waals surface area contributed by atoms with E-state index in [1.54, 1.807) is 6.08 Å². The Morgan fingerprint density at radius 3 is 2.88 bits per heavy atom. The van der Waals surface area contributed by atoms with Crippen molar-refractivity contribution in [2.24, 2.45) is 0 Å². The maximum absolute atomic E-state index is 10.9. The Hall–Kier alpha value is -0.870. The topological polar surface area (TPSA) is 68.5 Å². The van der Waals surface area contributed by atoms with Crippen molar-refractivity contribution in [3.05, 3.63) is 11.6 Å². The molecule has 0 amide bonds. The molecule has 1 heterocycles. The van der Waals surface area contributed by atoms with Gasteiger partial charge in [-0.25, -0.2) is 4.79 Å². The standard InChI is InChI=1S/C12H19NO3/c1-3-8(4-2)16-10-6-7(12(14)15)5-9-11(10)13-9/h6,8-11,13H,3-5H2,1-2H3,(H,14,15). The van der Waals surface area contributed by atoms with Gasteiger partial charge < -0.3 is 15.2 Å². The van der Waals surface area contributed by atoms with Crippen molar-refractivity contribution in [2.45, 2.75) is 57.4 Å². The number of rotatable bonds is 5. The summed E-state index contributed by atoms with van der Waals surface area (Å²) in [4.78, 5) is 10.9. The SMILES string of the molecule is CCC(CC)OC1C=C(C(=O)O)CC2NC21. The molecule has 1 fully saturated rings. The minimum atomic E-state index is -0.815. The molecule has 2 N–H and O–H groups in total. The fourth-order valence-electron chi connectivity index (χ4n) is 2.29. The summed E-state index contributed by atoms with van der Waals surface area (Å²) >= 11 is 0. The third-order valence-electron chi connectivity index (χ3n) is 3.43. The van der Waals surface area contributed by atoms with Gasteiger partial charge >= 0.3 is 5.97 Å². The van der Waals surface area contributed by atoms with Gasteiger partial charge in [-0.1, -0.05) is 13.8 Å². The molecule has 2 rings (SSSR count). The molecule has 16 heavy (non-hydrogen) atoms. The number of fused-ring (bicyclic) bond motifs is 1. The van der Waals surface area contributed by atoms with Crippen LogP contribution in [-0.4, -0.2) is 35.4 Å². The van der Waals surface area contributed by atoms with Crippen molar-refractivity contribution in [2.75, 3.05) is 0 Å². The Morgan fingerprint density at radius 1 is 1.62 bits per heavy atom. The molecule has 0 spiro atoms. The molecular formula is C12H19NO3. The molecule has 4 nitrogen and oxygen atoms in total. The highest BCUT2D eigenvalue weighted by Crippen LogP contribution is 2.32. The number of ether oxygens (including phenoxy) is 1. The minimum absolute atomic E-state index is 0.0604. The highest BCUT2D eigenvalue weighted by Gasteiger charge is 2.47. The Morgan fingerprint density at radius 2 is 2.31 bits per heavy atom. The Balaban J connectivity index is 2.02. The number of nitrogens with one attached hydrogen (secondary N) is 1. The number of carbonyl (C=O) groups is 1. The summed E-state index contributed by atoms with van der Waals surface area (Å²) in [6.45, 7) is 4.19. The molecule has 0 bridgehead atoms. The van der Waals surface area contributed by atoms with Gasteiger partial charge in [0.15, 0.2) is 0 Å². The number of hydrogen-bond acceptors (Lipinski definition) is 3. The van der Waals surface area contributed by atoms with Crippen molar-refractivity contribution in [1.29, 1.82) is 0 Å². The van der Waals surface area contributed by atoms with Crippen LogP contribution in [0.15, 0.2) is 11.6 Å². The Bertz CT molecular complexity index is 309. The van der Waals surface area contributed by atoms with Crippen molar-refractivity contribution in [1.82, 2.24) is 5.32 Å². The number of aliphatic carboxylic acids is 1. The molecule has 3 unspecified atom stereocenters. The molecule has 0 aromatic carbocycles. The van der Waals surface area contributed by atoms with E-state index in [2.05, 4.69) is 19.2 Å². The van der Waals surface area contributed by atoms with Gasteiger partial charge in [0.2, 0.25) is 0 Å². The van der Waals surface area contributed by atoms with Crippen LogP contribution in [0.4, 0.5) is 0 Å². The minimum Gasteiger partial charge on any atom is -0.478 e. The fraction of sp³-hybridized carbons (Fsp3) is 0.750. The van der Waals surface area contributed by atoms with Crippen LogP contribution in [0.5, 0.6) is 0 Å². The summed E-state index contributed by atoms with van der Waals surface area (Å²) in [6.07, 6.45) is 4.53. The zero-order chi connectivity index (χ0) is 11.7. The highest BCUT2D eigenvalue weighted by molar-refractivity contribution is 5.87. The summed E-state index contributed by atoms with van der Waals surface area (Å²) in [5.41, 5.74) is 0.488. The summed E-state index contributed by atoms with van der Waals surface area (Å²) in [5, 5.41) is 12.3. The second kappa shape index (κ2) is 4.55. The van der Waals surface area contributed by atoms with Gasteiger partial charge in [0.25, 0.3) is 0 Å². The van der Waals surface area contributed by atoms with E-state index in [1.807, 2.05) is 0 Å². The predicted octanol–water partition coefficient (Wildman–Crippen LogP) is 1.32. The molecule has 1 aliphatic heterocycles. The summed E-state index contributed by atoms with van der Waals surface area (Å²) in [5.74, 6) is -0.815. The molecule has 0 aromatic heterocycles. The largest absolute Gasteiger partial charge is 0.478 e. The molecule has 1 saturated heterocycles. The second-order valence-electron chi connectivity index (χ2n) is 4.54. The maximum Gasteiger partial charge on any atom is 0.331 e. The van der Waals surface area contributed by atoms with Crippen LogP contribution in [-0.2, 0) is 9.53 Å². The average Bonchev–Trinajstić information content (AvgIpc) is 3.04. The van der Waals surface area contributed by atoms with Crippen LogP contribution >= 0.6 is 0 Å². The fourth-order valence-corrected chi connectivity index (χ4v) is 2.29. The van der Waals surface area contributed by atoms with Gasteiger partial charge in [-0.05, 0) is 25.3 Å². The van der Waals surface area contributed by atoms with E-state index in [4.69, 9.17) is 9.84 Å². The van der Waals surface area contributed by atoms with Crippen LogP contribution in [0.1, 0.15) is 33.1 Å². The number of carboxylic acids is 1. The zero-order valence-corrected chi connectivity index (χ0v) is 9.77. The van der Waals surface area contributed by atoms with Gasteiger partial charge in [0, 0.05) is 11.6 Å². The lowest BCUT2D eigenvalue weighted by atomic mass is 9.97. The quantitative estimate of drug-likeness (QED) is 0.692. The lowest BCUT2D eigenvalue weighted by molar-refractivity contribution is -0.133. The first-order chi connectivity index (χ1) is 7.65. The molecule has 3 atom stereocenters. The predicted molar refractivity (Wildman–Crippen MR) is 60.3 cm³/mol. The van der Waals surface area contributed by atoms with Crippen LogP contribution < -0.4 is 5.32 Å². The Kier molecular flexibility index (Phi) is 3.30. The summed E-state index contributed by atoms with van der Waals surface area (Å²) in [7, 11) is 0. The normalized spacial score (nSPS) is 32.2. The number of carboxylic acid groups (broad SMARTS) is 1. The van der Waals surface area contributed by atoms with E-state index in [9.17, 15) is 4.79 Å². The lowest BCUT2D eigenvalue weighted by Crippen LogP contribution is -2.30. The van der Waals surface area contributed by atoms with Gasteiger partial charge in [0.1, 0.15) is 0 Å². The van der Waals surface area contributed by atoms with E-state index in [0.29, 0.717) is 24.1 Å². The first kappa shape index (κ1) is 11.6. The molecule has 2 aliphatic rings. The molecule has 0 radical (unpaired) electrons. The summed E-state index contributed by atoms with van der Waals surface area (Å²) < 4.78 is 5.92. The molecule has 1 aliphatic carbocycles. The first-order valence-electron chi connectivity index (χ1n) is 6.01. The van der Waals surface area contributed by atoms with E-state index >= 15 is 0 Å². The third kappa shape index (κ3) is 2.28. The number of hydrogen-bond donors (Lipinski definition) is 2. The molecule has 4 heteroatoms. The second-order valence-corrected chi connectivity index (χ2v) is 4.54. The van der Waals surface area contributed by atoms with E-state index in [0.717, 1.165) is 12.8 Å². The molecule has 0 saturated carbocycles. The third-order valence-corrected chi connectivity index (χ3v) is 3.43. The molecule has 90 valence electrons. The first-order valence-corrected chi connectivity index (χ1v) is 6.01. The van der Waals surface area contributed by atoms with Gasteiger partial charge in [-0.2, -0.15) is 0 Å². The van der Waals surface area contributed by atoms with Crippen molar-refractivity contribution in [3.63, 3.8) is 0 Å². The summed E-state index contributed by atoms with van der Waals surface area (Å²) in [6, 6.07) is 0.652. The highest BCUT2D eigenvalue weighted by atomic mass is 16.5. The smallest absolute Gasteiger partial charge is 0.331 e. The molecule has 0 aromatic rings. The monoisotopic (exact) mass is 225 g/mol. The molecular weight excluding hydrogens is 206 g/mol. The van der Waals surface area contributed by atoms with Crippen molar-refractivity contribution < 1.29 is 14.6 Å². The lowest BCUT2D eigenvalue weighted by Gasteiger charge is -2.23. The average molecular weight is 225 g/mol. The van der Waals surface area contributed by atoms with Gasteiger partial charge in [0.05, 0.1) is 18.2 Å². The van der Waals surface area contributed by atoms with E-state index < -0.39 is 5.97 Å². The van der Waals surface area contributed by atoms with Gasteiger partial charge in [-0.15, -0.1) is 0 Å². The van der Waals surface area contributed by atoms with Crippen LogP contribution in [0.2, 0.25) is 0 Å². The van der Waals surface area contributed by atoms with E-state index in [-0.39, 0.29) is 12.2 Å². The van der Waals surface area contributed by atoms with Crippen LogP contribution in [0.25, 0.3) is 0 Å². The van der Waals surface area contributed by atoms with E-state index in [1.165, 1.54) is 0 Å². The van der Waals surface area contributed by atoms with Crippen molar-refractivity contribution in [3.8, 4) is 0 Å². The van der Waals surface area contributed by atoms with Crippen molar-refractivity contribution >= 4 is 5.97 Å². The van der Waals surface area contributed by atoms with Gasteiger partial charge in [-0.3, -0.25) is 0 Å². The zero-order valence-electron chi connectivity index (χ0n) is 9.77. The van der Waals surface area contributed by atoms with Crippen LogP contribution in [0, 0.1) is 0 Å².